The fraction of sp³-hybridized carbons (Fsp3) is 0.478. The summed E-state index contributed by atoms with van der Waals surface area (Å²) < 4.78 is 22.1. The predicted octanol–water partition coefficient (Wildman–Crippen LogP) is 2.98. The molecule has 0 saturated carbocycles. The zero-order valence-corrected chi connectivity index (χ0v) is 18.6. The van der Waals surface area contributed by atoms with Gasteiger partial charge >= 0.3 is 0 Å². The second-order valence-electron chi connectivity index (χ2n) is 8.20. The van der Waals surface area contributed by atoms with E-state index in [2.05, 4.69) is 16.0 Å². The van der Waals surface area contributed by atoms with Crippen LogP contribution >= 0.6 is 11.6 Å². The van der Waals surface area contributed by atoms with Crippen molar-refractivity contribution in [1.82, 2.24) is 14.8 Å². The molecule has 9 heteroatoms. The van der Waals surface area contributed by atoms with Gasteiger partial charge in [0.1, 0.15) is 11.1 Å². The smallest absolute Gasteiger partial charge is 0.255 e. The van der Waals surface area contributed by atoms with Crippen molar-refractivity contribution in [3.63, 3.8) is 0 Å². The Morgan fingerprint density at radius 2 is 1.88 bits per heavy atom. The number of hydrogen-bond acceptors (Lipinski definition) is 7. The van der Waals surface area contributed by atoms with Gasteiger partial charge in [0.05, 0.1) is 18.8 Å². The van der Waals surface area contributed by atoms with E-state index in [0.717, 1.165) is 44.0 Å². The van der Waals surface area contributed by atoms with Crippen molar-refractivity contribution in [3.8, 4) is 17.4 Å². The number of ether oxygens (including phenoxy) is 4. The lowest BCUT2D eigenvalue weighted by atomic mass is 10.1. The lowest BCUT2D eigenvalue weighted by Crippen LogP contribution is -2.48. The van der Waals surface area contributed by atoms with E-state index in [4.69, 9.17) is 30.5 Å². The highest BCUT2D eigenvalue weighted by Gasteiger charge is 2.24. The summed E-state index contributed by atoms with van der Waals surface area (Å²) in [6, 6.07) is 7.69. The van der Waals surface area contributed by atoms with Crippen molar-refractivity contribution in [1.29, 1.82) is 0 Å². The average molecular weight is 460 g/mol. The van der Waals surface area contributed by atoms with Gasteiger partial charge in [-0.05, 0) is 23.8 Å². The van der Waals surface area contributed by atoms with E-state index in [1.165, 1.54) is 5.56 Å². The number of nitrogens with zero attached hydrogens (tertiary/aromatic N) is 3. The Morgan fingerprint density at radius 3 is 2.66 bits per heavy atom. The highest BCUT2D eigenvalue weighted by atomic mass is 35.5. The van der Waals surface area contributed by atoms with Crippen LogP contribution < -0.4 is 14.2 Å². The first-order valence-electron chi connectivity index (χ1n) is 11.0. The van der Waals surface area contributed by atoms with Crippen molar-refractivity contribution < 1.29 is 23.7 Å². The Labute approximate surface area is 192 Å². The molecule has 1 amide bonds. The molecule has 0 spiro atoms. The summed E-state index contributed by atoms with van der Waals surface area (Å²) in [6.07, 6.45) is 3.24. The van der Waals surface area contributed by atoms with Crippen molar-refractivity contribution in [3.05, 3.63) is 46.6 Å². The summed E-state index contributed by atoms with van der Waals surface area (Å²) in [5.74, 6) is 1.91. The maximum atomic E-state index is 13.0. The molecular weight excluding hydrogens is 434 g/mol. The number of carbonyl (C=O) groups is 1. The number of pyridine rings is 1. The third-order valence-electron chi connectivity index (χ3n) is 6.00. The molecule has 2 aromatic rings. The van der Waals surface area contributed by atoms with E-state index in [9.17, 15) is 4.79 Å². The van der Waals surface area contributed by atoms with Crippen LogP contribution in [-0.4, -0.2) is 73.0 Å². The molecule has 1 aromatic heterocycles. The van der Waals surface area contributed by atoms with Crippen LogP contribution in [0.1, 0.15) is 28.8 Å². The van der Waals surface area contributed by atoms with Gasteiger partial charge in [0.25, 0.3) is 5.91 Å². The molecule has 4 heterocycles. The van der Waals surface area contributed by atoms with Gasteiger partial charge in [0.2, 0.25) is 12.7 Å². The molecule has 0 unspecified atom stereocenters. The van der Waals surface area contributed by atoms with E-state index in [0.29, 0.717) is 42.8 Å². The number of carbonyl (C=O) groups excluding carboxylic acids is 1. The van der Waals surface area contributed by atoms with Gasteiger partial charge in [-0.2, -0.15) is 0 Å². The van der Waals surface area contributed by atoms with Crippen molar-refractivity contribution >= 4 is 17.5 Å². The number of aromatic nitrogens is 1. The summed E-state index contributed by atoms with van der Waals surface area (Å²) in [6.45, 7) is 5.35. The van der Waals surface area contributed by atoms with Crippen molar-refractivity contribution in [2.45, 2.75) is 25.5 Å². The summed E-state index contributed by atoms with van der Waals surface area (Å²) in [7, 11) is 0. The Morgan fingerprint density at radius 1 is 1.09 bits per heavy atom. The van der Waals surface area contributed by atoms with Gasteiger partial charge in [-0.1, -0.05) is 17.7 Å². The fourth-order valence-electron chi connectivity index (χ4n) is 4.17. The molecule has 2 saturated heterocycles. The quantitative estimate of drug-likeness (QED) is 0.680. The Bertz CT molecular complexity index is 974. The van der Waals surface area contributed by atoms with Gasteiger partial charge in [0, 0.05) is 51.8 Å². The number of amides is 1. The highest BCUT2D eigenvalue weighted by Crippen LogP contribution is 2.33. The van der Waals surface area contributed by atoms with Gasteiger partial charge in [-0.3, -0.25) is 9.69 Å². The van der Waals surface area contributed by atoms with Gasteiger partial charge in [-0.15, -0.1) is 0 Å². The number of rotatable bonds is 5. The Hall–Kier alpha value is -2.55. The minimum Gasteiger partial charge on any atom is -0.473 e. The molecule has 5 rings (SSSR count). The first-order valence-corrected chi connectivity index (χ1v) is 11.3. The first-order chi connectivity index (χ1) is 15.7. The van der Waals surface area contributed by atoms with Crippen LogP contribution in [-0.2, 0) is 11.3 Å². The van der Waals surface area contributed by atoms with Crippen LogP contribution in [0.2, 0.25) is 5.02 Å². The number of benzene rings is 1. The molecule has 1 aromatic carbocycles. The number of hydrogen-bond donors (Lipinski definition) is 0. The van der Waals surface area contributed by atoms with E-state index < -0.39 is 0 Å². The Kier molecular flexibility index (Phi) is 6.34. The lowest BCUT2D eigenvalue weighted by Gasteiger charge is -2.34. The second-order valence-corrected chi connectivity index (χ2v) is 8.60. The van der Waals surface area contributed by atoms with E-state index in [-0.39, 0.29) is 18.8 Å². The molecule has 2 fully saturated rings. The molecule has 3 aliphatic heterocycles. The van der Waals surface area contributed by atoms with Crippen molar-refractivity contribution in [2.75, 3.05) is 46.2 Å². The summed E-state index contributed by atoms with van der Waals surface area (Å²) in [4.78, 5) is 21.5. The van der Waals surface area contributed by atoms with Gasteiger partial charge < -0.3 is 23.8 Å². The molecule has 32 heavy (non-hydrogen) atoms. The van der Waals surface area contributed by atoms with Crippen LogP contribution in [0.5, 0.6) is 17.4 Å². The van der Waals surface area contributed by atoms with Crippen LogP contribution in [0.3, 0.4) is 0 Å². The Balaban J connectivity index is 1.15. The third kappa shape index (κ3) is 4.77. The molecular formula is C23H26ClN3O5. The minimum atomic E-state index is -0.0558. The van der Waals surface area contributed by atoms with E-state index in [1.54, 1.807) is 12.3 Å². The summed E-state index contributed by atoms with van der Waals surface area (Å²) >= 11 is 6.37. The van der Waals surface area contributed by atoms with Crippen molar-refractivity contribution in [2.24, 2.45) is 0 Å². The zero-order valence-electron chi connectivity index (χ0n) is 17.8. The lowest BCUT2D eigenvalue weighted by molar-refractivity contribution is 0.0237. The molecule has 0 aliphatic carbocycles. The monoisotopic (exact) mass is 459 g/mol. The van der Waals surface area contributed by atoms with Crippen LogP contribution in [0.25, 0.3) is 0 Å². The normalized spacial score (nSPS) is 19.2. The molecule has 0 bridgehead atoms. The van der Waals surface area contributed by atoms with E-state index in [1.807, 2.05) is 17.0 Å². The predicted molar refractivity (Wildman–Crippen MR) is 117 cm³/mol. The topological polar surface area (TPSA) is 73.4 Å². The molecule has 0 atom stereocenters. The number of piperazine rings is 1. The number of fused-ring (bicyclic) bond motifs is 1. The van der Waals surface area contributed by atoms with Crippen LogP contribution in [0.4, 0.5) is 0 Å². The molecule has 170 valence electrons. The third-order valence-corrected chi connectivity index (χ3v) is 6.27. The summed E-state index contributed by atoms with van der Waals surface area (Å²) in [5, 5.41) is 0.365. The van der Waals surface area contributed by atoms with Crippen LogP contribution in [0.15, 0.2) is 30.5 Å². The largest absolute Gasteiger partial charge is 0.473 e. The molecule has 0 radical (unpaired) electrons. The molecule has 0 N–H and O–H groups in total. The summed E-state index contributed by atoms with van der Waals surface area (Å²) in [5.41, 5.74) is 1.66. The average Bonchev–Trinajstić information content (AvgIpc) is 3.29. The second kappa shape index (κ2) is 9.52. The van der Waals surface area contributed by atoms with E-state index >= 15 is 0 Å². The van der Waals surface area contributed by atoms with Gasteiger partial charge in [0.15, 0.2) is 11.5 Å². The minimum absolute atomic E-state index is 0.0492. The highest BCUT2D eigenvalue weighted by molar-refractivity contribution is 6.32. The molecule has 3 aliphatic rings. The maximum absolute atomic E-state index is 13.0. The standard InChI is InChI=1S/C23H26ClN3O5/c24-19-12-17(13-25-22(19)32-18-3-9-29-10-4-18)23(28)27-7-5-26(6-8-27)14-16-1-2-20-21(11-16)31-15-30-20/h1-2,11-13,18H,3-10,14-15H2. The zero-order chi connectivity index (χ0) is 21.9. The first kappa shape index (κ1) is 21.3. The molecule has 8 nitrogen and oxygen atoms in total. The number of halogens is 1. The SMILES string of the molecule is O=C(c1cnc(OC2CCOCC2)c(Cl)c1)N1CCN(Cc2ccc3c(c2)OCO3)CC1. The fourth-order valence-corrected chi connectivity index (χ4v) is 4.38. The van der Waals surface area contributed by atoms with Crippen LogP contribution in [0, 0.1) is 0 Å². The maximum Gasteiger partial charge on any atom is 0.255 e. The van der Waals surface area contributed by atoms with Gasteiger partial charge in [-0.25, -0.2) is 4.98 Å².